The SMILES string of the molecule is C=CC(=O)C(O)Cn1c(=O)[nH]c(=O)n(CCO)c1=O. The molecule has 1 atom stereocenters. The summed E-state index contributed by atoms with van der Waals surface area (Å²) < 4.78 is 1.09. The topological polar surface area (TPSA) is 134 Å². The highest BCUT2D eigenvalue weighted by Gasteiger charge is 2.17. The molecule has 0 amide bonds. The van der Waals surface area contributed by atoms with Gasteiger partial charge in [-0.1, -0.05) is 6.58 Å². The average molecular weight is 271 g/mol. The van der Waals surface area contributed by atoms with Gasteiger partial charge in [-0.05, 0) is 6.08 Å². The Morgan fingerprint density at radius 3 is 2.42 bits per heavy atom. The first-order valence-electron chi connectivity index (χ1n) is 5.31. The van der Waals surface area contributed by atoms with Crippen LogP contribution < -0.4 is 17.1 Å². The lowest BCUT2D eigenvalue weighted by molar-refractivity contribution is -0.122. The molecule has 1 aromatic rings. The fraction of sp³-hybridized carbons (Fsp3) is 0.400. The monoisotopic (exact) mass is 271 g/mol. The van der Waals surface area contributed by atoms with Crippen molar-refractivity contribution < 1.29 is 15.0 Å². The zero-order valence-corrected chi connectivity index (χ0v) is 9.90. The van der Waals surface area contributed by atoms with Crippen LogP contribution in [0.25, 0.3) is 0 Å². The summed E-state index contributed by atoms with van der Waals surface area (Å²) >= 11 is 0. The summed E-state index contributed by atoms with van der Waals surface area (Å²) in [5, 5.41) is 18.2. The smallest absolute Gasteiger partial charge is 0.336 e. The number of ketones is 1. The number of aliphatic hydroxyl groups is 2. The minimum Gasteiger partial charge on any atom is -0.395 e. The van der Waals surface area contributed by atoms with Crippen LogP contribution in [0.3, 0.4) is 0 Å². The molecule has 0 radical (unpaired) electrons. The normalized spacial score (nSPS) is 12.1. The van der Waals surface area contributed by atoms with Gasteiger partial charge in [0.25, 0.3) is 0 Å². The standard InChI is InChI=1S/C10H13N3O6/c1-2-6(15)7(16)5-13-9(18)11-8(17)12(3-4-14)10(13)19/h2,7,14,16H,1,3-5H2,(H,11,17,18). The van der Waals surface area contributed by atoms with Gasteiger partial charge in [0.1, 0.15) is 6.10 Å². The van der Waals surface area contributed by atoms with Crippen LogP contribution in [0.1, 0.15) is 0 Å². The number of H-pyrrole nitrogens is 1. The quantitative estimate of drug-likeness (QED) is 0.467. The number of hydrogen-bond acceptors (Lipinski definition) is 6. The van der Waals surface area contributed by atoms with Crippen molar-refractivity contribution in [2.45, 2.75) is 19.2 Å². The van der Waals surface area contributed by atoms with Gasteiger partial charge in [-0.15, -0.1) is 0 Å². The highest BCUT2D eigenvalue weighted by atomic mass is 16.3. The van der Waals surface area contributed by atoms with Gasteiger partial charge < -0.3 is 10.2 Å². The van der Waals surface area contributed by atoms with E-state index in [0.717, 1.165) is 6.08 Å². The number of carbonyl (C=O) groups excluding carboxylic acids is 1. The van der Waals surface area contributed by atoms with Gasteiger partial charge in [0.2, 0.25) is 0 Å². The summed E-state index contributed by atoms with van der Waals surface area (Å²) in [6, 6.07) is 0. The number of hydrogen-bond donors (Lipinski definition) is 3. The molecule has 0 spiro atoms. The Morgan fingerprint density at radius 2 is 1.89 bits per heavy atom. The third kappa shape index (κ3) is 3.14. The first-order chi connectivity index (χ1) is 8.92. The highest BCUT2D eigenvalue weighted by molar-refractivity contribution is 5.92. The Kier molecular flexibility index (Phi) is 4.73. The fourth-order valence-electron chi connectivity index (χ4n) is 1.40. The number of rotatable bonds is 6. The minimum atomic E-state index is -1.61. The van der Waals surface area contributed by atoms with Crippen molar-refractivity contribution in [3.63, 3.8) is 0 Å². The third-order valence-corrected chi connectivity index (χ3v) is 2.37. The molecule has 104 valence electrons. The molecule has 1 unspecified atom stereocenters. The van der Waals surface area contributed by atoms with Crippen molar-refractivity contribution >= 4 is 5.78 Å². The Labute approximate surface area is 106 Å². The molecule has 0 aromatic carbocycles. The predicted octanol–water partition coefficient (Wildman–Crippen LogP) is -3.19. The van der Waals surface area contributed by atoms with Crippen LogP contribution in [0.4, 0.5) is 0 Å². The van der Waals surface area contributed by atoms with Crippen molar-refractivity contribution in [2.24, 2.45) is 0 Å². The number of carbonyl (C=O) groups is 1. The third-order valence-electron chi connectivity index (χ3n) is 2.37. The lowest BCUT2D eigenvalue weighted by Crippen LogP contribution is -2.51. The number of nitrogens with zero attached hydrogens (tertiary/aromatic N) is 2. The van der Waals surface area contributed by atoms with E-state index in [1.54, 1.807) is 0 Å². The maximum atomic E-state index is 11.8. The fourth-order valence-corrected chi connectivity index (χ4v) is 1.40. The van der Waals surface area contributed by atoms with E-state index in [0.29, 0.717) is 9.13 Å². The zero-order valence-electron chi connectivity index (χ0n) is 9.90. The highest BCUT2D eigenvalue weighted by Crippen LogP contribution is 1.89. The lowest BCUT2D eigenvalue weighted by atomic mass is 10.2. The number of nitrogens with one attached hydrogen (secondary N) is 1. The molecule has 0 saturated heterocycles. The van der Waals surface area contributed by atoms with Gasteiger partial charge in [-0.25, -0.2) is 23.5 Å². The van der Waals surface area contributed by atoms with Gasteiger partial charge in [0.15, 0.2) is 5.78 Å². The van der Waals surface area contributed by atoms with Crippen LogP contribution in [-0.4, -0.2) is 42.8 Å². The second kappa shape index (κ2) is 6.07. The molecule has 0 fully saturated rings. The first-order valence-corrected chi connectivity index (χ1v) is 5.31. The molecule has 0 aliphatic heterocycles. The summed E-state index contributed by atoms with van der Waals surface area (Å²) in [4.78, 5) is 47.5. The molecule has 1 heterocycles. The molecule has 3 N–H and O–H groups in total. The van der Waals surface area contributed by atoms with Crippen molar-refractivity contribution in [3.05, 3.63) is 44.1 Å². The van der Waals surface area contributed by atoms with Crippen molar-refractivity contribution in [1.29, 1.82) is 0 Å². The maximum absolute atomic E-state index is 11.8. The Balaban J connectivity index is 3.29. The Morgan fingerprint density at radius 1 is 1.32 bits per heavy atom. The summed E-state index contributed by atoms with van der Waals surface area (Å²) in [7, 11) is 0. The van der Waals surface area contributed by atoms with E-state index < -0.39 is 42.1 Å². The molecule has 9 heteroatoms. The van der Waals surface area contributed by atoms with Crippen LogP contribution in [-0.2, 0) is 17.9 Å². The molecule has 0 aliphatic rings. The minimum absolute atomic E-state index is 0.306. The second-order valence-electron chi connectivity index (χ2n) is 3.63. The largest absolute Gasteiger partial charge is 0.395 e. The molecule has 1 rings (SSSR count). The first kappa shape index (κ1) is 14.8. The van der Waals surface area contributed by atoms with Gasteiger partial charge >= 0.3 is 17.1 Å². The molecule has 0 bridgehead atoms. The van der Waals surface area contributed by atoms with Crippen molar-refractivity contribution in [3.8, 4) is 0 Å². The van der Waals surface area contributed by atoms with E-state index in [-0.39, 0.29) is 6.54 Å². The van der Waals surface area contributed by atoms with E-state index in [1.165, 1.54) is 0 Å². The molecule has 9 nitrogen and oxygen atoms in total. The van der Waals surface area contributed by atoms with Crippen LogP contribution >= 0.6 is 0 Å². The van der Waals surface area contributed by atoms with E-state index in [2.05, 4.69) is 6.58 Å². The molecular weight excluding hydrogens is 258 g/mol. The van der Waals surface area contributed by atoms with E-state index in [9.17, 15) is 24.3 Å². The van der Waals surface area contributed by atoms with Gasteiger partial charge in [-0.2, -0.15) is 0 Å². The molecule has 0 aliphatic carbocycles. The van der Waals surface area contributed by atoms with E-state index in [4.69, 9.17) is 5.11 Å². The summed E-state index contributed by atoms with van der Waals surface area (Å²) in [6.07, 6.45) is -0.760. The van der Waals surface area contributed by atoms with Crippen LogP contribution in [0.15, 0.2) is 27.0 Å². The molecule has 0 saturated carbocycles. The lowest BCUT2D eigenvalue weighted by Gasteiger charge is -2.10. The van der Waals surface area contributed by atoms with Crippen LogP contribution in [0.5, 0.6) is 0 Å². The Bertz CT molecular complexity index is 652. The summed E-state index contributed by atoms with van der Waals surface area (Å²) in [5.41, 5.74) is -3.02. The van der Waals surface area contributed by atoms with Crippen LogP contribution in [0.2, 0.25) is 0 Å². The van der Waals surface area contributed by atoms with Gasteiger partial charge in [-0.3, -0.25) is 9.78 Å². The summed E-state index contributed by atoms with van der Waals surface area (Å²) in [5.74, 6) is -0.758. The predicted molar refractivity (Wildman–Crippen MR) is 63.9 cm³/mol. The van der Waals surface area contributed by atoms with Gasteiger partial charge in [0.05, 0.1) is 19.7 Å². The maximum Gasteiger partial charge on any atom is 0.336 e. The van der Waals surface area contributed by atoms with Crippen molar-refractivity contribution in [2.75, 3.05) is 6.61 Å². The van der Waals surface area contributed by atoms with Crippen LogP contribution in [0, 0.1) is 0 Å². The molecule has 1 aromatic heterocycles. The zero-order chi connectivity index (χ0) is 14.6. The molecule has 19 heavy (non-hydrogen) atoms. The Hall–Kier alpha value is -2.26. The number of aliphatic hydroxyl groups excluding tert-OH is 2. The molecular formula is C10H13N3O6. The summed E-state index contributed by atoms with van der Waals surface area (Å²) in [6.45, 7) is 1.77. The second-order valence-corrected chi connectivity index (χ2v) is 3.63. The number of aromatic nitrogens is 3. The number of aromatic amines is 1. The van der Waals surface area contributed by atoms with E-state index >= 15 is 0 Å². The van der Waals surface area contributed by atoms with Gasteiger partial charge in [0, 0.05) is 0 Å². The van der Waals surface area contributed by atoms with Crippen molar-refractivity contribution in [1.82, 2.24) is 14.1 Å². The average Bonchev–Trinajstić information content (AvgIpc) is 2.38. The van der Waals surface area contributed by atoms with E-state index in [1.807, 2.05) is 4.98 Å².